The Morgan fingerprint density at radius 2 is 1.86 bits per heavy atom. The van der Waals surface area contributed by atoms with E-state index in [4.69, 9.17) is 0 Å². The van der Waals surface area contributed by atoms with Crippen molar-refractivity contribution in [1.29, 1.82) is 0 Å². The molecule has 0 atom stereocenters. The van der Waals surface area contributed by atoms with Crippen LogP contribution in [0.4, 0.5) is 5.69 Å². The lowest BCUT2D eigenvalue weighted by Crippen LogP contribution is -2.48. The Morgan fingerprint density at radius 3 is 2.46 bits per heavy atom. The van der Waals surface area contributed by atoms with Gasteiger partial charge in [-0.15, -0.1) is 11.3 Å². The van der Waals surface area contributed by atoms with Crippen LogP contribution in [0.15, 0.2) is 12.1 Å². The van der Waals surface area contributed by atoms with Crippen LogP contribution in [0.2, 0.25) is 0 Å². The number of hydrogen-bond donors (Lipinski definition) is 1. The second-order valence-electron chi connectivity index (χ2n) is 12.1. The van der Waals surface area contributed by atoms with Crippen LogP contribution < -0.4 is 4.90 Å². The van der Waals surface area contributed by atoms with Crippen LogP contribution in [0.25, 0.3) is 5.57 Å². The number of hydrogen-bond acceptors (Lipinski definition) is 4. The van der Waals surface area contributed by atoms with Crippen molar-refractivity contribution in [2.75, 3.05) is 18.0 Å². The molecule has 0 radical (unpaired) electrons. The van der Waals surface area contributed by atoms with E-state index < -0.39 is 5.97 Å². The highest BCUT2D eigenvalue weighted by molar-refractivity contribution is 7.15. The Balaban J connectivity index is 1.45. The topological polar surface area (TPSA) is 77.9 Å². The minimum atomic E-state index is -0.940. The van der Waals surface area contributed by atoms with E-state index in [0.717, 1.165) is 88.6 Å². The maximum Gasteiger partial charge on any atom is 0.348 e. The van der Waals surface area contributed by atoms with Gasteiger partial charge in [0.25, 0.3) is 0 Å². The van der Waals surface area contributed by atoms with E-state index in [1.54, 1.807) is 0 Å². The standard InChI is InChI=1S/C30H42N2O4S/c1-3-31-19-30(18-26(31)33)15-13-23(14-16-30)32(28(34)22-11-9-20(2)10-12-22)24-17-25(37-27(24)29(35)36)21-7-5-4-6-8-21/h7,17,20,22-23H,3-6,8-16,18-19H2,1-2H3,(H,35,36)/t20-,22-,23-,30-. The zero-order valence-electron chi connectivity index (χ0n) is 22.5. The van der Waals surface area contributed by atoms with Crippen LogP contribution in [0.3, 0.4) is 0 Å². The number of aromatic carboxylic acids is 1. The highest BCUT2D eigenvalue weighted by Crippen LogP contribution is 2.48. The van der Waals surface area contributed by atoms with Crippen LogP contribution in [0.1, 0.15) is 112 Å². The van der Waals surface area contributed by atoms with E-state index in [1.165, 1.54) is 23.3 Å². The van der Waals surface area contributed by atoms with Gasteiger partial charge in [0, 0.05) is 36.3 Å². The van der Waals surface area contributed by atoms with Crippen molar-refractivity contribution < 1.29 is 19.5 Å². The smallest absolute Gasteiger partial charge is 0.348 e. The zero-order chi connectivity index (χ0) is 26.2. The average Bonchev–Trinajstić information content (AvgIpc) is 3.48. The van der Waals surface area contributed by atoms with Crippen LogP contribution >= 0.6 is 11.3 Å². The lowest BCUT2D eigenvalue weighted by molar-refractivity contribution is -0.128. The minimum absolute atomic E-state index is 0.0101. The normalized spacial score (nSPS) is 30.4. The maximum atomic E-state index is 14.2. The number of likely N-dealkylation sites (tertiary alicyclic amines) is 1. The first-order valence-electron chi connectivity index (χ1n) is 14.5. The SMILES string of the molecule is CCN1C[C@]2(CC[C@H](N(c3cc(C4=CCCCC4)sc3C(=O)O)C(=O)[C@H]3CC[C@H](C)CC3)CC2)CC1=O. The Morgan fingerprint density at radius 1 is 1.14 bits per heavy atom. The van der Waals surface area contributed by atoms with Crippen molar-refractivity contribution in [2.45, 2.75) is 103 Å². The van der Waals surface area contributed by atoms with Gasteiger partial charge in [-0.25, -0.2) is 4.79 Å². The Hall–Kier alpha value is -2.15. The zero-order valence-corrected chi connectivity index (χ0v) is 23.3. The number of carbonyl (C=O) groups excluding carboxylic acids is 2. The third-order valence-corrected chi connectivity index (χ3v) is 10.7. The second kappa shape index (κ2) is 10.9. The number of carboxylic acid groups (broad SMARTS) is 1. The summed E-state index contributed by atoms with van der Waals surface area (Å²) in [5.41, 5.74) is 1.86. The highest BCUT2D eigenvalue weighted by Gasteiger charge is 2.47. The summed E-state index contributed by atoms with van der Waals surface area (Å²) in [5, 5.41) is 10.2. The molecule has 0 aromatic carbocycles. The molecule has 1 aromatic rings. The summed E-state index contributed by atoms with van der Waals surface area (Å²) in [6.45, 7) is 5.87. The largest absolute Gasteiger partial charge is 0.477 e. The van der Waals surface area contributed by atoms with Gasteiger partial charge >= 0.3 is 5.97 Å². The molecule has 7 heteroatoms. The van der Waals surface area contributed by atoms with E-state index in [0.29, 0.717) is 22.9 Å². The van der Waals surface area contributed by atoms with Crippen molar-refractivity contribution in [3.05, 3.63) is 21.9 Å². The van der Waals surface area contributed by atoms with Crippen molar-refractivity contribution >= 4 is 40.4 Å². The molecular weight excluding hydrogens is 484 g/mol. The molecule has 2 heterocycles. The molecule has 0 bridgehead atoms. The molecule has 3 aliphatic carbocycles. The molecule has 2 amide bonds. The molecule has 1 aliphatic heterocycles. The first-order chi connectivity index (χ1) is 17.8. The van der Waals surface area contributed by atoms with E-state index in [9.17, 15) is 19.5 Å². The molecule has 1 aromatic heterocycles. The van der Waals surface area contributed by atoms with Gasteiger partial charge in [0.2, 0.25) is 11.8 Å². The third kappa shape index (κ3) is 5.39. The summed E-state index contributed by atoms with van der Waals surface area (Å²) in [6.07, 6.45) is 14.5. The number of rotatable bonds is 6. The second-order valence-corrected chi connectivity index (χ2v) is 13.1. The average molecular weight is 527 g/mol. The number of carboxylic acids is 1. The summed E-state index contributed by atoms with van der Waals surface area (Å²) in [4.78, 5) is 44.4. The van der Waals surface area contributed by atoms with Gasteiger partial charge in [0.15, 0.2) is 0 Å². The molecule has 1 saturated heterocycles. The predicted molar refractivity (Wildman–Crippen MR) is 148 cm³/mol. The van der Waals surface area contributed by atoms with Gasteiger partial charge in [-0.3, -0.25) is 9.59 Å². The molecule has 3 fully saturated rings. The van der Waals surface area contributed by atoms with E-state index in [1.807, 2.05) is 22.8 Å². The number of carbonyl (C=O) groups is 3. The van der Waals surface area contributed by atoms with Gasteiger partial charge in [0.05, 0.1) is 5.69 Å². The molecule has 2 saturated carbocycles. The van der Waals surface area contributed by atoms with E-state index in [-0.39, 0.29) is 29.2 Å². The molecule has 1 N–H and O–H groups in total. The van der Waals surface area contributed by atoms with E-state index >= 15 is 0 Å². The molecule has 202 valence electrons. The lowest BCUT2D eigenvalue weighted by atomic mass is 9.71. The first-order valence-corrected chi connectivity index (χ1v) is 15.3. The van der Waals surface area contributed by atoms with Crippen molar-refractivity contribution in [3.63, 3.8) is 0 Å². The molecule has 37 heavy (non-hydrogen) atoms. The highest BCUT2D eigenvalue weighted by atomic mass is 32.1. The number of nitrogens with zero attached hydrogens (tertiary/aromatic N) is 2. The fourth-order valence-electron chi connectivity index (χ4n) is 7.21. The number of allylic oxidation sites excluding steroid dienone is 2. The quantitative estimate of drug-likeness (QED) is 0.445. The number of anilines is 1. The fraction of sp³-hybridized carbons (Fsp3) is 0.700. The van der Waals surface area contributed by atoms with Crippen molar-refractivity contribution in [1.82, 2.24) is 4.90 Å². The van der Waals surface area contributed by atoms with Crippen LogP contribution in [0.5, 0.6) is 0 Å². The summed E-state index contributed by atoms with van der Waals surface area (Å²) >= 11 is 1.34. The first kappa shape index (κ1) is 26.5. The molecule has 5 rings (SSSR count). The van der Waals surface area contributed by atoms with Gasteiger partial charge in [-0.05, 0) is 107 Å². The van der Waals surface area contributed by atoms with Crippen LogP contribution in [-0.4, -0.2) is 46.9 Å². The summed E-state index contributed by atoms with van der Waals surface area (Å²) in [7, 11) is 0. The third-order valence-electron chi connectivity index (χ3n) is 9.54. The number of amides is 2. The summed E-state index contributed by atoms with van der Waals surface area (Å²) in [5.74, 6) is 0.0465. The Bertz CT molecular complexity index is 1060. The Labute approximate surface area is 225 Å². The predicted octanol–water partition coefficient (Wildman–Crippen LogP) is 6.74. The number of thiophene rings is 1. The summed E-state index contributed by atoms with van der Waals surface area (Å²) in [6, 6.07) is 2.00. The van der Waals surface area contributed by atoms with Gasteiger partial charge in [0.1, 0.15) is 4.88 Å². The van der Waals surface area contributed by atoms with Crippen LogP contribution in [0, 0.1) is 17.3 Å². The monoisotopic (exact) mass is 526 g/mol. The van der Waals surface area contributed by atoms with Crippen molar-refractivity contribution in [2.24, 2.45) is 17.3 Å². The van der Waals surface area contributed by atoms with Gasteiger partial charge in [-0.2, -0.15) is 0 Å². The van der Waals surface area contributed by atoms with Gasteiger partial charge < -0.3 is 14.9 Å². The van der Waals surface area contributed by atoms with Crippen LogP contribution in [-0.2, 0) is 9.59 Å². The molecule has 4 aliphatic rings. The summed E-state index contributed by atoms with van der Waals surface area (Å²) < 4.78 is 0. The minimum Gasteiger partial charge on any atom is -0.477 e. The molecule has 1 spiro atoms. The lowest BCUT2D eigenvalue weighted by Gasteiger charge is -2.42. The molecule has 0 unspecified atom stereocenters. The van der Waals surface area contributed by atoms with E-state index in [2.05, 4.69) is 13.0 Å². The molecule has 6 nitrogen and oxygen atoms in total. The fourth-order valence-corrected chi connectivity index (χ4v) is 8.27. The molecular formula is C30H42N2O4S. The van der Waals surface area contributed by atoms with Gasteiger partial charge in [-0.1, -0.05) is 13.0 Å². The van der Waals surface area contributed by atoms with Crippen molar-refractivity contribution in [3.8, 4) is 0 Å². The Kier molecular flexibility index (Phi) is 7.80. The maximum absolute atomic E-state index is 14.2.